The molecule has 1 aromatic carbocycles. The lowest BCUT2D eigenvalue weighted by atomic mass is 10.1. The van der Waals surface area contributed by atoms with E-state index in [9.17, 15) is 0 Å². The first-order valence-corrected chi connectivity index (χ1v) is 6.71. The summed E-state index contributed by atoms with van der Waals surface area (Å²) in [5.41, 5.74) is 3.47. The van der Waals surface area contributed by atoms with Gasteiger partial charge in [0.05, 0.1) is 0 Å². The molecule has 0 N–H and O–H groups in total. The van der Waals surface area contributed by atoms with Gasteiger partial charge in [0, 0.05) is 30.3 Å². The van der Waals surface area contributed by atoms with Crippen molar-refractivity contribution in [2.45, 2.75) is 0 Å². The molecule has 1 fully saturated rings. The average molecular weight is 231 g/mol. The predicted molar refractivity (Wildman–Crippen MR) is 75.2 cm³/mol. The zero-order chi connectivity index (χ0) is 11.4. The van der Waals surface area contributed by atoms with E-state index in [4.69, 9.17) is 0 Å². The van der Waals surface area contributed by atoms with Gasteiger partial charge in [-0.1, -0.05) is 31.4 Å². The van der Waals surface area contributed by atoms with Crippen LogP contribution in [0.2, 0.25) is 0 Å². The highest BCUT2D eigenvalue weighted by Gasteiger charge is 2.11. The standard InChI is InChI=1S/C14H17NS/c1-3-12(2)13-5-4-6-14(11-13)15-7-9-16-10-8-15/h3-6,11H,1-2,7-10H2. The second kappa shape index (κ2) is 5.26. The Kier molecular flexibility index (Phi) is 3.73. The fourth-order valence-corrected chi connectivity index (χ4v) is 2.74. The molecule has 0 aromatic heterocycles. The maximum absolute atomic E-state index is 3.99. The van der Waals surface area contributed by atoms with Crippen molar-refractivity contribution in [3.63, 3.8) is 0 Å². The van der Waals surface area contributed by atoms with Crippen LogP contribution < -0.4 is 4.90 Å². The van der Waals surface area contributed by atoms with Gasteiger partial charge in [-0.05, 0) is 23.3 Å². The molecule has 0 saturated carbocycles. The number of rotatable bonds is 3. The zero-order valence-corrected chi connectivity index (χ0v) is 10.3. The van der Waals surface area contributed by atoms with E-state index in [0.29, 0.717) is 0 Å². The van der Waals surface area contributed by atoms with Gasteiger partial charge in [0.1, 0.15) is 0 Å². The van der Waals surface area contributed by atoms with Crippen LogP contribution in [0.15, 0.2) is 43.5 Å². The van der Waals surface area contributed by atoms with E-state index in [1.54, 1.807) is 0 Å². The fraction of sp³-hybridized carbons (Fsp3) is 0.286. The lowest BCUT2D eigenvalue weighted by Crippen LogP contribution is -2.32. The molecular weight excluding hydrogens is 214 g/mol. The molecule has 0 bridgehead atoms. The average Bonchev–Trinajstić information content (AvgIpc) is 2.39. The summed E-state index contributed by atoms with van der Waals surface area (Å²) >= 11 is 2.03. The SMILES string of the molecule is C=CC(=C)c1cccc(N2CCSCC2)c1. The Hall–Kier alpha value is -1.15. The highest BCUT2D eigenvalue weighted by molar-refractivity contribution is 7.99. The maximum atomic E-state index is 3.99. The molecule has 0 aliphatic carbocycles. The summed E-state index contributed by atoms with van der Waals surface area (Å²) in [6.07, 6.45) is 1.81. The normalized spacial score (nSPS) is 15.9. The molecule has 1 heterocycles. The second-order valence-corrected chi connectivity index (χ2v) is 5.10. The summed E-state index contributed by atoms with van der Waals surface area (Å²) in [5, 5.41) is 0. The third-order valence-electron chi connectivity index (χ3n) is 2.84. The number of anilines is 1. The van der Waals surface area contributed by atoms with E-state index >= 15 is 0 Å². The van der Waals surface area contributed by atoms with Crippen LogP contribution in [-0.4, -0.2) is 24.6 Å². The van der Waals surface area contributed by atoms with Crippen molar-refractivity contribution in [2.75, 3.05) is 29.5 Å². The predicted octanol–water partition coefficient (Wildman–Crippen LogP) is 3.44. The van der Waals surface area contributed by atoms with Crippen LogP contribution >= 0.6 is 11.8 Å². The van der Waals surface area contributed by atoms with Crippen LogP contribution in [0.4, 0.5) is 5.69 Å². The molecule has 0 radical (unpaired) electrons. The lowest BCUT2D eigenvalue weighted by Gasteiger charge is -2.28. The largest absolute Gasteiger partial charge is 0.370 e. The molecule has 2 rings (SSSR count). The molecule has 1 aromatic rings. The minimum Gasteiger partial charge on any atom is -0.370 e. The molecule has 0 atom stereocenters. The van der Waals surface area contributed by atoms with Crippen LogP contribution in [0.1, 0.15) is 5.56 Å². The van der Waals surface area contributed by atoms with Crippen LogP contribution in [0.5, 0.6) is 0 Å². The fourth-order valence-electron chi connectivity index (χ4n) is 1.84. The van der Waals surface area contributed by atoms with Gasteiger partial charge in [0.25, 0.3) is 0 Å². The number of hydrogen-bond acceptors (Lipinski definition) is 2. The van der Waals surface area contributed by atoms with Gasteiger partial charge >= 0.3 is 0 Å². The Morgan fingerprint density at radius 3 is 2.75 bits per heavy atom. The summed E-state index contributed by atoms with van der Waals surface area (Å²) in [6.45, 7) is 10.0. The number of hydrogen-bond donors (Lipinski definition) is 0. The van der Waals surface area contributed by atoms with Crippen molar-refractivity contribution in [3.8, 4) is 0 Å². The Balaban J connectivity index is 2.20. The van der Waals surface area contributed by atoms with E-state index in [2.05, 4.69) is 42.3 Å². The first-order valence-electron chi connectivity index (χ1n) is 5.56. The topological polar surface area (TPSA) is 3.24 Å². The maximum Gasteiger partial charge on any atom is 0.0372 e. The van der Waals surface area contributed by atoms with Crippen molar-refractivity contribution >= 4 is 23.0 Å². The highest BCUT2D eigenvalue weighted by atomic mass is 32.2. The van der Waals surface area contributed by atoms with Gasteiger partial charge in [0.2, 0.25) is 0 Å². The lowest BCUT2D eigenvalue weighted by molar-refractivity contribution is 0.858. The van der Waals surface area contributed by atoms with Crippen molar-refractivity contribution in [1.29, 1.82) is 0 Å². The summed E-state index contributed by atoms with van der Waals surface area (Å²) < 4.78 is 0. The first kappa shape index (κ1) is 11.3. The Morgan fingerprint density at radius 2 is 2.06 bits per heavy atom. The van der Waals surface area contributed by atoms with Crippen LogP contribution in [-0.2, 0) is 0 Å². The third-order valence-corrected chi connectivity index (χ3v) is 3.78. The molecule has 84 valence electrons. The van der Waals surface area contributed by atoms with Gasteiger partial charge in [0.15, 0.2) is 0 Å². The van der Waals surface area contributed by atoms with Crippen molar-refractivity contribution in [1.82, 2.24) is 0 Å². The number of nitrogens with zero attached hydrogens (tertiary/aromatic N) is 1. The minimum absolute atomic E-state index is 0.994. The van der Waals surface area contributed by atoms with Crippen LogP contribution in [0.25, 0.3) is 5.57 Å². The number of thioether (sulfide) groups is 1. The van der Waals surface area contributed by atoms with Crippen LogP contribution in [0.3, 0.4) is 0 Å². The minimum atomic E-state index is 0.994. The van der Waals surface area contributed by atoms with Crippen molar-refractivity contribution in [3.05, 3.63) is 49.1 Å². The smallest absolute Gasteiger partial charge is 0.0372 e. The highest BCUT2D eigenvalue weighted by Crippen LogP contribution is 2.23. The Labute approximate surface area is 102 Å². The summed E-state index contributed by atoms with van der Waals surface area (Å²) in [6, 6.07) is 8.57. The zero-order valence-electron chi connectivity index (χ0n) is 9.48. The molecular formula is C14H17NS. The van der Waals surface area contributed by atoms with E-state index in [1.165, 1.54) is 22.8 Å². The van der Waals surface area contributed by atoms with Gasteiger partial charge in [-0.3, -0.25) is 0 Å². The molecule has 0 spiro atoms. The molecule has 0 unspecified atom stereocenters. The third kappa shape index (κ3) is 2.50. The van der Waals surface area contributed by atoms with E-state index in [0.717, 1.165) is 18.7 Å². The number of benzene rings is 1. The molecule has 1 aliphatic heterocycles. The summed E-state index contributed by atoms with van der Waals surface area (Å²) in [5.74, 6) is 2.46. The first-order chi connectivity index (χ1) is 7.81. The van der Waals surface area contributed by atoms with Gasteiger partial charge < -0.3 is 4.90 Å². The van der Waals surface area contributed by atoms with E-state index in [1.807, 2.05) is 17.8 Å². The van der Waals surface area contributed by atoms with Crippen LogP contribution in [0, 0.1) is 0 Å². The quantitative estimate of drug-likeness (QED) is 0.733. The van der Waals surface area contributed by atoms with Gasteiger partial charge in [-0.15, -0.1) is 0 Å². The van der Waals surface area contributed by atoms with Gasteiger partial charge in [-0.2, -0.15) is 11.8 Å². The monoisotopic (exact) mass is 231 g/mol. The Morgan fingerprint density at radius 1 is 1.31 bits per heavy atom. The molecule has 1 nitrogen and oxygen atoms in total. The van der Waals surface area contributed by atoms with Crippen molar-refractivity contribution in [2.24, 2.45) is 0 Å². The molecule has 2 heteroatoms. The van der Waals surface area contributed by atoms with E-state index in [-0.39, 0.29) is 0 Å². The Bertz CT molecular complexity index is 391. The van der Waals surface area contributed by atoms with Crippen molar-refractivity contribution < 1.29 is 0 Å². The summed E-state index contributed by atoms with van der Waals surface area (Å²) in [4.78, 5) is 2.44. The second-order valence-electron chi connectivity index (χ2n) is 3.88. The molecule has 1 saturated heterocycles. The van der Waals surface area contributed by atoms with E-state index < -0.39 is 0 Å². The molecule has 16 heavy (non-hydrogen) atoms. The molecule has 1 aliphatic rings. The summed E-state index contributed by atoms with van der Waals surface area (Å²) in [7, 11) is 0. The molecule has 0 amide bonds. The number of allylic oxidation sites excluding steroid dienone is 2. The van der Waals surface area contributed by atoms with Gasteiger partial charge in [-0.25, -0.2) is 0 Å².